The summed E-state index contributed by atoms with van der Waals surface area (Å²) < 4.78 is 0. The van der Waals surface area contributed by atoms with Gasteiger partial charge in [-0.15, -0.1) is 11.8 Å². The van der Waals surface area contributed by atoms with Crippen molar-refractivity contribution in [2.75, 3.05) is 17.6 Å². The smallest absolute Gasteiger partial charge is 0.238 e. The van der Waals surface area contributed by atoms with E-state index in [0.29, 0.717) is 5.75 Å². The van der Waals surface area contributed by atoms with Gasteiger partial charge in [0, 0.05) is 4.90 Å². The molecule has 0 unspecified atom stereocenters. The fourth-order valence-electron chi connectivity index (χ4n) is 3.03. The number of benzene rings is 3. The predicted molar refractivity (Wildman–Crippen MR) is 119 cm³/mol. The Labute approximate surface area is 176 Å². The van der Waals surface area contributed by atoms with Gasteiger partial charge in [0.25, 0.3) is 0 Å². The maximum absolute atomic E-state index is 12.6. The van der Waals surface area contributed by atoms with Crippen LogP contribution in [-0.4, -0.2) is 18.2 Å². The lowest BCUT2D eigenvalue weighted by Gasteiger charge is -2.20. The summed E-state index contributed by atoms with van der Waals surface area (Å²) in [5.74, 6) is 0.220. The van der Waals surface area contributed by atoms with Crippen LogP contribution in [0, 0.1) is 18.3 Å². The van der Waals surface area contributed by atoms with Crippen LogP contribution < -0.4 is 10.6 Å². The third-order valence-electron chi connectivity index (χ3n) is 4.46. The monoisotopic (exact) mass is 401 g/mol. The summed E-state index contributed by atoms with van der Waals surface area (Å²) in [6.07, 6.45) is 0. The third-order valence-corrected chi connectivity index (χ3v) is 5.40. The second kappa shape index (κ2) is 10.5. The van der Waals surface area contributed by atoms with Crippen molar-refractivity contribution in [3.63, 3.8) is 0 Å². The summed E-state index contributed by atoms with van der Waals surface area (Å²) in [6, 6.07) is 28.0. The highest BCUT2D eigenvalue weighted by atomic mass is 32.2. The van der Waals surface area contributed by atoms with Crippen LogP contribution in [0.25, 0.3) is 0 Å². The number of hydrogen-bond donors (Lipinski definition) is 2. The van der Waals surface area contributed by atoms with Crippen molar-refractivity contribution < 1.29 is 4.79 Å². The molecule has 5 heteroatoms. The van der Waals surface area contributed by atoms with E-state index in [4.69, 9.17) is 5.26 Å². The molecule has 0 fully saturated rings. The topological polar surface area (TPSA) is 64.9 Å². The molecule has 0 spiro atoms. The van der Waals surface area contributed by atoms with E-state index in [9.17, 15) is 4.79 Å². The molecule has 4 nitrogen and oxygen atoms in total. The minimum Gasteiger partial charge on any atom is -0.324 e. The van der Waals surface area contributed by atoms with Crippen LogP contribution in [0.3, 0.4) is 0 Å². The maximum atomic E-state index is 12.6. The van der Waals surface area contributed by atoms with E-state index in [1.54, 1.807) is 0 Å². The lowest BCUT2D eigenvalue weighted by atomic mass is 9.98. The van der Waals surface area contributed by atoms with Crippen LogP contribution in [0.5, 0.6) is 0 Å². The van der Waals surface area contributed by atoms with Crippen molar-refractivity contribution in [1.29, 1.82) is 5.26 Å². The Bertz CT molecular complexity index is 981. The number of aryl methyl sites for hydroxylation is 1. The second-order valence-electron chi connectivity index (χ2n) is 6.63. The van der Waals surface area contributed by atoms with Crippen LogP contribution in [0.1, 0.15) is 22.7 Å². The number of carbonyl (C=O) groups excluding carboxylic acids is 1. The van der Waals surface area contributed by atoms with E-state index in [-0.39, 0.29) is 18.5 Å². The Hall–Kier alpha value is -3.07. The van der Waals surface area contributed by atoms with Crippen molar-refractivity contribution in [2.24, 2.45) is 0 Å². The van der Waals surface area contributed by atoms with Crippen LogP contribution in [0.4, 0.5) is 5.69 Å². The maximum Gasteiger partial charge on any atom is 0.238 e. The lowest BCUT2D eigenvalue weighted by molar-refractivity contribution is -0.115. The van der Waals surface area contributed by atoms with E-state index < -0.39 is 0 Å². The van der Waals surface area contributed by atoms with Crippen LogP contribution >= 0.6 is 11.8 Å². The zero-order valence-corrected chi connectivity index (χ0v) is 17.1. The summed E-state index contributed by atoms with van der Waals surface area (Å²) in [6.45, 7) is 2.23. The number of nitriles is 1. The Kier molecular flexibility index (Phi) is 7.46. The molecule has 0 saturated carbocycles. The highest BCUT2D eigenvalue weighted by Gasteiger charge is 2.15. The molecule has 29 heavy (non-hydrogen) atoms. The molecular weight excluding hydrogens is 378 g/mol. The van der Waals surface area contributed by atoms with Crippen LogP contribution in [0.2, 0.25) is 0 Å². The van der Waals surface area contributed by atoms with Crippen LogP contribution in [-0.2, 0) is 4.79 Å². The van der Waals surface area contributed by atoms with Gasteiger partial charge in [0.15, 0.2) is 0 Å². The van der Waals surface area contributed by atoms with Gasteiger partial charge in [-0.3, -0.25) is 10.1 Å². The number of thioether (sulfide) groups is 1. The highest BCUT2D eigenvalue weighted by Crippen LogP contribution is 2.27. The number of nitrogens with one attached hydrogen (secondary N) is 2. The molecule has 1 amide bonds. The van der Waals surface area contributed by atoms with Gasteiger partial charge in [-0.2, -0.15) is 5.26 Å². The first-order chi connectivity index (χ1) is 14.2. The van der Waals surface area contributed by atoms with Gasteiger partial charge in [0.05, 0.1) is 30.1 Å². The van der Waals surface area contributed by atoms with E-state index in [0.717, 1.165) is 21.7 Å². The number of hydrogen-bond acceptors (Lipinski definition) is 4. The average Bonchev–Trinajstić information content (AvgIpc) is 2.75. The van der Waals surface area contributed by atoms with Crippen molar-refractivity contribution in [3.8, 4) is 6.07 Å². The molecule has 0 aliphatic heterocycles. The molecule has 2 N–H and O–H groups in total. The number of rotatable bonds is 8. The molecule has 146 valence electrons. The van der Waals surface area contributed by atoms with Gasteiger partial charge in [-0.1, -0.05) is 72.3 Å². The number of carbonyl (C=O) groups is 1. The molecule has 0 saturated heterocycles. The molecule has 0 aliphatic carbocycles. The third kappa shape index (κ3) is 5.95. The fraction of sp³-hybridized carbons (Fsp3) is 0.167. The first kappa shape index (κ1) is 20.7. The van der Waals surface area contributed by atoms with E-state index in [1.165, 1.54) is 17.3 Å². The minimum atomic E-state index is -0.122. The average molecular weight is 402 g/mol. The lowest BCUT2D eigenvalue weighted by Crippen LogP contribution is -2.32. The molecular formula is C24H23N3OS. The standard InChI is InChI=1S/C24H23N3OS/c1-18-11-13-20(14-12-18)24(19-7-3-2-4-8-19)26-17-23(28)27-21-9-5-6-10-22(21)29-16-15-25/h2-14,24,26H,16-17H2,1H3,(H,27,28)/t24-/m0/s1. The highest BCUT2D eigenvalue weighted by molar-refractivity contribution is 7.99. The van der Waals surface area contributed by atoms with Crippen LogP contribution in [0.15, 0.2) is 83.8 Å². The molecule has 0 aromatic heterocycles. The van der Waals surface area contributed by atoms with Gasteiger partial charge in [0.2, 0.25) is 5.91 Å². The number of para-hydroxylation sites is 1. The largest absolute Gasteiger partial charge is 0.324 e. The molecule has 0 aliphatic rings. The van der Waals surface area contributed by atoms with Gasteiger partial charge in [-0.05, 0) is 30.2 Å². The van der Waals surface area contributed by atoms with Crippen molar-refractivity contribution >= 4 is 23.4 Å². The molecule has 0 heterocycles. The van der Waals surface area contributed by atoms with Crippen molar-refractivity contribution in [2.45, 2.75) is 17.9 Å². The summed E-state index contributed by atoms with van der Waals surface area (Å²) in [5.41, 5.74) is 4.14. The second-order valence-corrected chi connectivity index (χ2v) is 7.64. The van der Waals surface area contributed by atoms with E-state index in [2.05, 4.69) is 60.0 Å². The summed E-state index contributed by atoms with van der Waals surface area (Å²) in [4.78, 5) is 13.5. The van der Waals surface area contributed by atoms with Crippen molar-refractivity contribution in [3.05, 3.63) is 95.6 Å². The molecule has 0 radical (unpaired) electrons. The Balaban J connectivity index is 1.71. The fourth-order valence-corrected chi connectivity index (χ4v) is 3.70. The summed E-state index contributed by atoms with van der Waals surface area (Å²) >= 11 is 1.41. The normalized spacial score (nSPS) is 11.4. The van der Waals surface area contributed by atoms with Crippen molar-refractivity contribution in [1.82, 2.24) is 5.32 Å². The van der Waals surface area contributed by atoms with Gasteiger partial charge in [-0.25, -0.2) is 0 Å². The molecule has 3 rings (SSSR count). The van der Waals surface area contributed by atoms with Gasteiger partial charge >= 0.3 is 0 Å². The predicted octanol–water partition coefficient (Wildman–Crippen LogP) is 4.93. The minimum absolute atomic E-state index is 0.0780. The quantitative estimate of drug-likeness (QED) is 0.526. The molecule has 3 aromatic carbocycles. The molecule has 0 bridgehead atoms. The first-order valence-corrected chi connectivity index (χ1v) is 10.4. The summed E-state index contributed by atoms with van der Waals surface area (Å²) in [5, 5.41) is 15.1. The molecule has 3 aromatic rings. The molecule has 1 atom stereocenters. The Morgan fingerprint density at radius 2 is 1.62 bits per heavy atom. The number of nitrogens with zero attached hydrogens (tertiary/aromatic N) is 1. The number of amides is 1. The van der Waals surface area contributed by atoms with E-state index in [1.807, 2.05) is 42.5 Å². The zero-order valence-electron chi connectivity index (χ0n) is 16.3. The Morgan fingerprint density at radius 3 is 2.34 bits per heavy atom. The van der Waals surface area contributed by atoms with E-state index >= 15 is 0 Å². The Morgan fingerprint density at radius 1 is 0.966 bits per heavy atom. The summed E-state index contributed by atoms with van der Waals surface area (Å²) in [7, 11) is 0. The SMILES string of the molecule is Cc1ccc([C@@H](NCC(=O)Nc2ccccc2SCC#N)c2ccccc2)cc1. The van der Waals surface area contributed by atoms with Gasteiger partial charge in [0.1, 0.15) is 0 Å². The van der Waals surface area contributed by atoms with Gasteiger partial charge < -0.3 is 5.32 Å². The zero-order chi connectivity index (χ0) is 20.5. The first-order valence-electron chi connectivity index (χ1n) is 9.41. The number of anilines is 1.